The lowest BCUT2D eigenvalue weighted by molar-refractivity contribution is -0.141. The normalized spacial score (nSPS) is 12.3. The zero-order valence-electron chi connectivity index (χ0n) is 11.8. The second-order valence-electron chi connectivity index (χ2n) is 4.66. The Labute approximate surface area is 113 Å². The molecule has 6 heteroatoms. The van der Waals surface area contributed by atoms with Crippen LogP contribution in [0.4, 0.5) is 5.95 Å². The van der Waals surface area contributed by atoms with Crippen molar-refractivity contribution < 1.29 is 14.6 Å². The van der Waals surface area contributed by atoms with Crippen LogP contribution >= 0.6 is 0 Å². The van der Waals surface area contributed by atoms with Crippen LogP contribution in [-0.4, -0.2) is 33.7 Å². The van der Waals surface area contributed by atoms with Gasteiger partial charge in [-0.05, 0) is 27.2 Å². The van der Waals surface area contributed by atoms with Crippen molar-refractivity contribution in [1.82, 2.24) is 9.97 Å². The summed E-state index contributed by atoms with van der Waals surface area (Å²) in [6, 6.07) is 1.75. The molecular formula is C13H21N3O3. The monoisotopic (exact) mass is 267 g/mol. The minimum atomic E-state index is -0.818. The van der Waals surface area contributed by atoms with Gasteiger partial charge in [-0.2, -0.15) is 4.98 Å². The molecule has 0 saturated carbocycles. The van der Waals surface area contributed by atoms with Crippen LogP contribution in [0.15, 0.2) is 6.07 Å². The number of hydrogen-bond donors (Lipinski definition) is 2. The first-order chi connectivity index (χ1) is 8.92. The third-order valence-corrected chi connectivity index (χ3v) is 2.54. The van der Waals surface area contributed by atoms with Crippen molar-refractivity contribution in [2.45, 2.75) is 40.2 Å². The van der Waals surface area contributed by atoms with Crippen LogP contribution < -0.4 is 10.1 Å². The number of carbonyl (C=O) groups is 1. The van der Waals surface area contributed by atoms with Crippen molar-refractivity contribution in [3.05, 3.63) is 11.8 Å². The van der Waals surface area contributed by atoms with Gasteiger partial charge in [-0.15, -0.1) is 0 Å². The van der Waals surface area contributed by atoms with E-state index in [0.29, 0.717) is 24.8 Å². The number of carboxylic acids is 1. The number of nitrogens with one attached hydrogen (secondary N) is 1. The van der Waals surface area contributed by atoms with Gasteiger partial charge < -0.3 is 15.2 Å². The van der Waals surface area contributed by atoms with Crippen molar-refractivity contribution in [2.75, 3.05) is 11.9 Å². The van der Waals surface area contributed by atoms with Gasteiger partial charge in [0.15, 0.2) is 0 Å². The maximum absolute atomic E-state index is 10.9. The minimum absolute atomic E-state index is 0.0320. The van der Waals surface area contributed by atoms with Crippen LogP contribution in [0.1, 0.15) is 32.9 Å². The van der Waals surface area contributed by atoms with Crippen LogP contribution in [0.5, 0.6) is 5.88 Å². The van der Waals surface area contributed by atoms with Gasteiger partial charge in [0.05, 0.1) is 12.0 Å². The molecule has 0 bridgehead atoms. The van der Waals surface area contributed by atoms with Crippen LogP contribution in [0, 0.1) is 12.8 Å². The van der Waals surface area contributed by atoms with Gasteiger partial charge in [0.25, 0.3) is 0 Å². The molecule has 1 unspecified atom stereocenters. The topological polar surface area (TPSA) is 84.3 Å². The summed E-state index contributed by atoms with van der Waals surface area (Å²) < 4.78 is 5.51. The van der Waals surface area contributed by atoms with Crippen molar-refractivity contribution in [2.24, 2.45) is 5.92 Å². The predicted molar refractivity (Wildman–Crippen MR) is 72.4 cm³/mol. The molecule has 0 radical (unpaired) electrons. The van der Waals surface area contributed by atoms with Gasteiger partial charge >= 0.3 is 5.97 Å². The lowest BCUT2D eigenvalue weighted by atomic mass is 10.1. The van der Waals surface area contributed by atoms with Crippen molar-refractivity contribution >= 4 is 11.9 Å². The first-order valence-electron chi connectivity index (χ1n) is 6.41. The molecule has 0 amide bonds. The lowest BCUT2D eigenvalue weighted by Crippen LogP contribution is -2.23. The van der Waals surface area contributed by atoms with Crippen LogP contribution in [0.2, 0.25) is 0 Å². The summed E-state index contributed by atoms with van der Waals surface area (Å²) in [4.78, 5) is 19.3. The number of aryl methyl sites for hydroxylation is 1. The molecule has 1 rings (SSSR count). The van der Waals surface area contributed by atoms with E-state index >= 15 is 0 Å². The lowest BCUT2D eigenvalue weighted by Gasteiger charge is -2.13. The highest BCUT2D eigenvalue weighted by atomic mass is 16.5. The summed E-state index contributed by atoms with van der Waals surface area (Å²) in [6.45, 7) is 7.82. The number of anilines is 1. The molecular weight excluding hydrogens is 246 g/mol. The number of ether oxygens (including phenoxy) is 1. The van der Waals surface area contributed by atoms with E-state index in [1.54, 1.807) is 6.07 Å². The number of rotatable bonds is 7. The second kappa shape index (κ2) is 6.92. The summed E-state index contributed by atoms with van der Waals surface area (Å²) in [5.41, 5.74) is 0.775. The van der Waals surface area contributed by atoms with Crippen LogP contribution in [0.25, 0.3) is 0 Å². The van der Waals surface area contributed by atoms with E-state index in [4.69, 9.17) is 9.84 Å². The number of nitrogens with zero attached hydrogens (tertiary/aromatic N) is 2. The van der Waals surface area contributed by atoms with Crippen molar-refractivity contribution in [3.63, 3.8) is 0 Å². The molecule has 19 heavy (non-hydrogen) atoms. The number of aliphatic carboxylic acids is 1. The van der Waals surface area contributed by atoms with E-state index in [9.17, 15) is 4.79 Å². The van der Waals surface area contributed by atoms with E-state index in [1.165, 1.54) is 0 Å². The molecule has 0 aliphatic heterocycles. The standard InChI is InChI=1S/C13H21N3O3/c1-5-10(12(17)18)7-14-13-15-9(4)6-11(16-13)19-8(2)3/h6,8,10H,5,7H2,1-4H3,(H,17,18)(H,14,15,16). The van der Waals surface area contributed by atoms with Gasteiger partial charge in [0.2, 0.25) is 11.8 Å². The molecule has 1 heterocycles. The molecule has 6 nitrogen and oxygen atoms in total. The zero-order valence-corrected chi connectivity index (χ0v) is 11.8. The first-order valence-corrected chi connectivity index (χ1v) is 6.41. The molecule has 1 atom stereocenters. The van der Waals surface area contributed by atoms with Gasteiger partial charge in [0, 0.05) is 18.3 Å². The van der Waals surface area contributed by atoms with Crippen LogP contribution in [-0.2, 0) is 4.79 Å². The Bertz CT molecular complexity index is 435. The number of carboxylic acid groups (broad SMARTS) is 1. The Kier molecular flexibility index (Phi) is 5.54. The zero-order chi connectivity index (χ0) is 14.4. The molecule has 0 fully saturated rings. The fourth-order valence-corrected chi connectivity index (χ4v) is 1.54. The van der Waals surface area contributed by atoms with Crippen molar-refractivity contribution in [3.8, 4) is 5.88 Å². The Balaban J connectivity index is 2.72. The average Bonchev–Trinajstić information content (AvgIpc) is 2.27. The second-order valence-corrected chi connectivity index (χ2v) is 4.66. The smallest absolute Gasteiger partial charge is 0.308 e. The molecule has 0 saturated heterocycles. The molecule has 2 N–H and O–H groups in total. The highest BCUT2D eigenvalue weighted by Gasteiger charge is 2.15. The SMILES string of the molecule is CCC(CNc1nc(C)cc(OC(C)C)n1)C(=O)O. The molecule has 0 aliphatic carbocycles. The summed E-state index contributed by atoms with van der Waals surface area (Å²) in [5, 5.41) is 11.9. The fourth-order valence-electron chi connectivity index (χ4n) is 1.54. The van der Waals surface area contributed by atoms with Gasteiger partial charge in [-0.1, -0.05) is 6.92 Å². The van der Waals surface area contributed by atoms with E-state index in [0.717, 1.165) is 5.69 Å². The Hall–Kier alpha value is -1.85. The molecule has 1 aromatic rings. The van der Waals surface area contributed by atoms with Gasteiger partial charge in [0.1, 0.15) is 0 Å². The maximum atomic E-state index is 10.9. The van der Waals surface area contributed by atoms with E-state index < -0.39 is 11.9 Å². The Morgan fingerprint density at radius 1 is 1.47 bits per heavy atom. The highest BCUT2D eigenvalue weighted by molar-refractivity contribution is 5.70. The summed E-state index contributed by atoms with van der Waals surface area (Å²) >= 11 is 0. The fraction of sp³-hybridized carbons (Fsp3) is 0.615. The Morgan fingerprint density at radius 2 is 2.16 bits per heavy atom. The Morgan fingerprint density at radius 3 is 2.68 bits per heavy atom. The average molecular weight is 267 g/mol. The third kappa shape index (κ3) is 5.11. The number of hydrogen-bond acceptors (Lipinski definition) is 5. The minimum Gasteiger partial charge on any atom is -0.481 e. The molecule has 0 aliphatic rings. The highest BCUT2D eigenvalue weighted by Crippen LogP contribution is 2.14. The van der Waals surface area contributed by atoms with Crippen LogP contribution in [0.3, 0.4) is 0 Å². The molecule has 0 aromatic carbocycles. The summed E-state index contributed by atoms with van der Waals surface area (Å²) in [5.74, 6) is -0.372. The number of aromatic nitrogens is 2. The molecule has 1 aromatic heterocycles. The van der Waals surface area contributed by atoms with Gasteiger partial charge in [-0.3, -0.25) is 4.79 Å². The third-order valence-electron chi connectivity index (χ3n) is 2.54. The molecule has 106 valence electrons. The quantitative estimate of drug-likeness (QED) is 0.787. The largest absolute Gasteiger partial charge is 0.481 e. The predicted octanol–water partition coefficient (Wildman–Crippen LogP) is 2.09. The van der Waals surface area contributed by atoms with Crippen molar-refractivity contribution in [1.29, 1.82) is 0 Å². The summed E-state index contributed by atoms with van der Waals surface area (Å²) in [6.07, 6.45) is 0.591. The van der Waals surface area contributed by atoms with Gasteiger partial charge in [-0.25, -0.2) is 4.98 Å². The van der Waals surface area contributed by atoms with E-state index in [-0.39, 0.29) is 6.10 Å². The first kappa shape index (κ1) is 15.2. The molecule has 0 spiro atoms. The maximum Gasteiger partial charge on any atom is 0.308 e. The summed E-state index contributed by atoms with van der Waals surface area (Å²) in [7, 11) is 0. The van der Waals surface area contributed by atoms with E-state index in [2.05, 4.69) is 15.3 Å². The van der Waals surface area contributed by atoms with E-state index in [1.807, 2.05) is 27.7 Å².